The zero-order valence-corrected chi connectivity index (χ0v) is 19.3. The van der Waals surface area contributed by atoms with Gasteiger partial charge in [-0.25, -0.2) is 0 Å². The van der Waals surface area contributed by atoms with Crippen LogP contribution in [-0.2, 0) is 19.5 Å². The number of nitrogens with zero attached hydrogens (tertiary/aromatic N) is 3. The first-order valence-corrected chi connectivity index (χ1v) is 11.4. The Balaban J connectivity index is 1.20. The van der Waals surface area contributed by atoms with Gasteiger partial charge in [-0.15, -0.1) is 10.2 Å². The van der Waals surface area contributed by atoms with Crippen LogP contribution in [0.3, 0.4) is 0 Å². The summed E-state index contributed by atoms with van der Waals surface area (Å²) in [4.78, 5) is 27.7. The Morgan fingerprint density at radius 3 is 2.63 bits per heavy atom. The highest BCUT2D eigenvalue weighted by Crippen LogP contribution is 2.22. The predicted molar refractivity (Wildman–Crippen MR) is 132 cm³/mol. The topological polar surface area (TPSA) is 100 Å². The number of carbonyl (C=O) groups is 2. The number of anilines is 1. The van der Waals surface area contributed by atoms with E-state index in [1.807, 2.05) is 18.2 Å². The average Bonchev–Trinajstić information content (AvgIpc) is 3.42. The van der Waals surface area contributed by atoms with Gasteiger partial charge in [0.1, 0.15) is 0 Å². The molecule has 3 aromatic carbocycles. The van der Waals surface area contributed by atoms with E-state index in [1.54, 1.807) is 36.4 Å². The van der Waals surface area contributed by atoms with Crippen LogP contribution < -0.4 is 10.6 Å². The molecule has 0 radical (unpaired) electrons. The molecule has 2 N–H and O–H groups in total. The minimum Gasteiger partial charge on any atom is -0.423 e. The zero-order valence-electron chi connectivity index (χ0n) is 19.3. The number of fused-ring (bicyclic) bond motifs is 1. The molecule has 0 atom stereocenters. The van der Waals surface area contributed by atoms with Crippen LogP contribution in [0, 0.1) is 0 Å². The number of aromatic nitrogens is 2. The van der Waals surface area contributed by atoms with Crippen LogP contribution in [0.25, 0.3) is 11.5 Å². The lowest BCUT2D eigenvalue weighted by molar-refractivity contribution is 0.0950. The van der Waals surface area contributed by atoms with Gasteiger partial charge in [-0.2, -0.15) is 0 Å². The van der Waals surface area contributed by atoms with Gasteiger partial charge in [-0.1, -0.05) is 18.2 Å². The maximum Gasteiger partial charge on any atom is 0.255 e. The fourth-order valence-electron chi connectivity index (χ4n) is 4.15. The molecule has 2 amide bonds. The number of carbonyl (C=O) groups excluding carboxylic acids is 2. The van der Waals surface area contributed by atoms with Crippen molar-refractivity contribution in [2.24, 2.45) is 0 Å². The van der Waals surface area contributed by atoms with Crippen molar-refractivity contribution in [3.8, 4) is 11.5 Å². The summed E-state index contributed by atoms with van der Waals surface area (Å²) < 4.78 is 5.16. The third kappa shape index (κ3) is 5.28. The van der Waals surface area contributed by atoms with E-state index in [0.717, 1.165) is 36.3 Å². The van der Waals surface area contributed by atoms with Crippen molar-refractivity contribution >= 4 is 17.5 Å². The molecule has 5 rings (SSSR count). The molecule has 0 aliphatic carbocycles. The summed E-state index contributed by atoms with van der Waals surface area (Å²) >= 11 is 0. The van der Waals surface area contributed by atoms with Crippen LogP contribution in [0.5, 0.6) is 0 Å². The van der Waals surface area contributed by atoms with Gasteiger partial charge in [-0.05, 0) is 78.7 Å². The molecule has 0 bridgehead atoms. The normalized spacial score (nSPS) is 13.2. The van der Waals surface area contributed by atoms with E-state index < -0.39 is 0 Å². The van der Waals surface area contributed by atoms with Gasteiger partial charge in [0.15, 0.2) is 0 Å². The van der Waals surface area contributed by atoms with Crippen LogP contribution in [0.4, 0.5) is 5.69 Å². The maximum absolute atomic E-state index is 12.9. The Labute approximate surface area is 203 Å². The molecule has 0 spiro atoms. The minimum atomic E-state index is -0.212. The second-order valence-corrected chi connectivity index (χ2v) is 8.63. The van der Waals surface area contributed by atoms with Gasteiger partial charge in [0, 0.05) is 42.0 Å². The van der Waals surface area contributed by atoms with Crippen molar-refractivity contribution in [1.29, 1.82) is 0 Å². The summed E-state index contributed by atoms with van der Waals surface area (Å²) in [7, 11) is 2.10. The summed E-state index contributed by atoms with van der Waals surface area (Å²) in [6.45, 7) is 2.23. The summed E-state index contributed by atoms with van der Waals surface area (Å²) in [5.41, 5.74) is 5.99. The van der Waals surface area contributed by atoms with Crippen molar-refractivity contribution in [2.75, 3.05) is 18.9 Å². The van der Waals surface area contributed by atoms with Crippen molar-refractivity contribution in [3.05, 3.63) is 101 Å². The van der Waals surface area contributed by atoms with E-state index in [2.05, 4.69) is 44.9 Å². The van der Waals surface area contributed by atoms with E-state index >= 15 is 0 Å². The van der Waals surface area contributed by atoms with Gasteiger partial charge in [0.25, 0.3) is 11.8 Å². The molecule has 35 heavy (non-hydrogen) atoms. The smallest absolute Gasteiger partial charge is 0.255 e. The van der Waals surface area contributed by atoms with Gasteiger partial charge in [0.2, 0.25) is 12.3 Å². The number of amides is 2. The molecule has 176 valence electrons. The fourth-order valence-corrected chi connectivity index (χ4v) is 4.15. The minimum absolute atomic E-state index is 0.182. The van der Waals surface area contributed by atoms with E-state index in [0.29, 0.717) is 23.6 Å². The number of nitrogens with one attached hydrogen (secondary N) is 2. The number of hydrogen-bond donors (Lipinski definition) is 2. The monoisotopic (exact) mass is 467 g/mol. The van der Waals surface area contributed by atoms with Crippen LogP contribution in [0.1, 0.15) is 37.4 Å². The second-order valence-electron chi connectivity index (χ2n) is 8.63. The molecule has 0 saturated carbocycles. The second kappa shape index (κ2) is 9.90. The van der Waals surface area contributed by atoms with Gasteiger partial charge in [-0.3, -0.25) is 9.59 Å². The van der Waals surface area contributed by atoms with E-state index in [4.69, 9.17) is 4.42 Å². The maximum atomic E-state index is 12.9. The zero-order chi connectivity index (χ0) is 24.2. The molecule has 0 fully saturated rings. The molecule has 4 aromatic rings. The molecule has 0 saturated heterocycles. The molecular weight excluding hydrogens is 442 g/mol. The summed E-state index contributed by atoms with van der Waals surface area (Å²) in [6, 6.07) is 20.3. The predicted octanol–water partition coefficient (Wildman–Crippen LogP) is 3.91. The Hall–Kier alpha value is -4.30. The largest absolute Gasteiger partial charge is 0.423 e. The Bertz CT molecular complexity index is 1350. The molecular formula is C27H25N5O3. The highest BCUT2D eigenvalue weighted by atomic mass is 16.4. The van der Waals surface area contributed by atoms with Crippen molar-refractivity contribution < 1.29 is 14.0 Å². The third-order valence-electron chi connectivity index (χ3n) is 6.06. The fraction of sp³-hybridized carbons (Fsp3) is 0.185. The SMILES string of the molecule is CN1CCc2ccc(NC(=O)c3cccc(CNC(=O)c4ccc(-c5nnco5)cc4)c3)cc2C1. The molecule has 0 unspecified atom stereocenters. The molecule has 8 heteroatoms. The van der Waals surface area contributed by atoms with Gasteiger partial charge < -0.3 is 20.0 Å². The molecule has 8 nitrogen and oxygen atoms in total. The van der Waals surface area contributed by atoms with Crippen molar-refractivity contribution in [2.45, 2.75) is 19.5 Å². The van der Waals surface area contributed by atoms with E-state index in [9.17, 15) is 9.59 Å². The highest BCUT2D eigenvalue weighted by Gasteiger charge is 2.15. The van der Waals surface area contributed by atoms with Crippen molar-refractivity contribution in [3.63, 3.8) is 0 Å². The summed E-state index contributed by atoms with van der Waals surface area (Å²) in [5, 5.41) is 13.4. The Morgan fingerprint density at radius 1 is 0.971 bits per heavy atom. The quantitative estimate of drug-likeness (QED) is 0.446. The van der Waals surface area contributed by atoms with Crippen LogP contribution >= 0.6 is 0 Å². The molecule has 1 aliphatic heterocycles. The van der Waals surface area contributed by atoms with Crippen LogP contribution in [0.15, 0.2) is 77.5 Å². The number of likely N-dealkylation sites (N-methyl/N-ethyl adjacent to an activating group) is 1. The van der Waals surface area contributed by atoms with Gasteiger partial charge >= 0.3 is 0 Å². The molecule has 2 heterocycles. The van der Waals surface area contributed by atoms with E-state index in [-0.39, 0.29) is 11.8 Å². The van der Waals surface area contributed by atoms with Crippen LogP contribution in [0.2, 0.25) is 0 Å². The Morgan fingerprint density at radius 2 is 1.83 bits per heavy atom. The summed E-state index contributed by atoms with van der Waals surface area (Å²) in [5.74, 6) is 0.00430. The Kier molecular flexibility index (Phi) is 6.36. The first-order chi connectivity index (χ1) is 17.0. The lowest BCUT2D eigenvalue weighted by Crippen LogP contribution is -2.26. The average molecular weight is 468 g/mol. The van der Waals surface area contributed by atoms with Crippen molar-refractivity contribution in [1.82, 2.24) is 20.4 Å². The lowest BCUT2D eigenvalue weighted by Gasteiger charge is -2.25. The standard InChI is InChI=1S/C27H25N5O3/c1-32-12-11-19-9-10-24(14-23(19)16-32)30-26(34)22-4-2-3-18(13-22)15-28-25(33)20-5-7-21(8-6-20)27-31-29-17-35-27/h2-10,13-14,17H,11-12,15-16H2,1H3,(H,28,33)(H,30,34). The first-order valence-electron chi connectivity index (χ1n) is 11.4. The number of benzene rings is 3. The summed E-state index contributed by atoms with van der Waals surface area (Å²) in [6.07, 6.45) is 2.28. The lowest BCUT2D eigenvalue weighted by atomic mass is 9.99. The highest BCUT2D eigenvalue weighted by molar-refractivity contribution is 6.04. The van der Waals surface area contributed by atoms with Gasteiger partial charge in [0.05, 0.1) is 0 Å². The third-order valence-corrected chi connectivity index (χ3v) is 6.06. The number of rotatable bonds is 6. The molecule has 1 aliphatic rings. The number of hydrogen-bond acceptors (Lipinski definition) is 6. The van der Waals surface area contributed by atoms with E-state index in [1.165, 1.54) is 17.5 Å². The first kappa shape index (κ1) is 22.5. The van der Waals surface area contributed by atoms with Crippen LogP contribution in [-0.4, -0.2) is 40.5 Å². The molecule has 1 aromatic heterocycles.